The number of nitrogens with zero attached hydrogens (tertiary/aromatic N) is 3. The number of pyridine rings is 1. The van der Waals surface area contributed by atoms with E-state index < -0.39 is 45.2 Å². The highest BCUT2D eigenvalue weighted by Crippen LogP contribution is 2.31. The lowest BCUT2D eigenvalue weighted by molar-refractivity contribution is 0.0961. The Kier molecular flexibility index (Phi) is 9.40. The Labute approximate surface area is 240 Å². The largest absolute Gasteiger partial charge is 0.492 e. The predicted octanol–water partition coefficient (Wildman–Crippen LogP) is 4.60. The molecule has 12 heteroatoms. The van der Waals surface area contributed by atoms with Crippen molar-refractivity contribution in [3.05, 3.63) is 53.4 Å². The molecule has 2 aliphatic carbocycles. The van der Waals surface area contributed by atoms with Crippen molar-refractivity contribution in [2.75, 3.05) is 32.8 Å². The molecule has 0 bridgehead atoms. The zero-order chi connectivity index (χ0) is 29.0. The monoisotopic (exact) mass is 592 g/mol. The molecule has 41 heavy (non-hydrogen) atoms. The molecule has 5 rings (SSSR count). The fourth-order valence-electron chi connectivity index (χ4n) is 5.46. The quantitative estimate of drug-likeness (QED) is 0.407. The van der Waals surface area contributed by atoms with Crippen LogP contribution in [0.3, 0.4) is 0 Å². The van der Waals surface area contributed by atoms with E-state index >= 15 is 4.39 Å². The number of benzene rings is 1. The van der Waals surface area contributed by atoms with Gasteiger partial charge in [0.15, 0.2) is 11.6 Å². The van der Waals surface area contributed by atoms with Crippen LogP contribution in [-0.2, 0) is 10.2 Å². The van der Waals surface area contributed by atoms with E-state index in [2.05, 4.69) is 9.88 Å². The standard InChI is InChI=1S/C29H38F2N4O5S/c1-2-25(24-12-10-22(18-32-24)39-19-20-8-9-20)40-26-13-11-23(27(30)28(26)31)29(36)33-41(37,38)35-16-14-34(15-17-35)21-6-4-3-5-7-21/h10-13,18,20-21,25H,2-9,14-17,19H2,1H3,(H,33,36). The highest BCUT2D eigenvalue weighted by molar-refractivity contribution is 7.87. The number of hydrogen-bond acceptors (Lipinski definition) is 7. The van der Waals surface area contributed by atoms with Gasteiger partial charge in [-0.25, -0.2) is 9.11 Å². The molecule has 0 radical (unpaired) electrons. The summed E-state index contributed by atoms with van der Waals surface area (Å²) in [7, 11) is -4.22. The number of carbonyl (C=O) groups excluding carboxylic acids is 1. The average molecular weight is 593 g/mol. The predicted molar refractivity (Wildman–Crippen MR) is 149 cm³/mol. The minimum absolute atomic E-state index is 0.225. The number of amides is 1. The molecule has 1 aliphatic heterocycles. The van der Waals surface area contributed by atoms with Gasteiger partial charge in [0.2, 0.25) is 5.82 Å². The Morgan fingerprint density at radius 2 is 1.76 bits per heavy atom. The van der Waals surface area contributed by atoms with Crippen LogP contribution in [0.25, 0.3) is 0 Å². The number of nitrogens with one attached hydrogen (secondary N) is 1. The summed E-state index contributed by atoms with van der Waals surface area (Å²) in [6, 6.07) is 6.09. The summed E-state index contributed by atoms with van der Waals surface area (Å²) in [5.41, 5.74) is -0.204. The van der Waals surface area contributed by atoms with E-state index in [0.717, 1.165) is 25.0 Å². The van der Waals surface area contributed by atoms with Gasteiger partial charge in [-0.1, -0.05) is 26.2 Å². The third kappa shape index (κ3) is 7.34. The van der Waals surface area contributed by atoms with E-state index in [1.54, 1.807) is 18.3 Å². The van der Waals surface area contributed by atoms with E-state index in [1.807, 2.05) is 11.6 Å². The van der Waals surface area contributed by atoms with E-state index in [-0.39, 0.29) is 13.1 Å². The normalized spacial score (nSPS) is 20.0. The summed E-state index contributed by atoms with van der Waals surface area (Å²) in [6.45, 7) is 4.06. The number of halogens is 2. The minimum Gasteiger partial charge on any atom is -0.492 e. The van der Waals surface area contributed by atoms with Gasteiger partial charge in [-0.05, 0) is 62.3 Å². The van der Waals surface area contributed by atoms with E-state index in [4.69, 9.17) is 9.47 Å². The van der Waals surface area contributed by atoms with Crippen molar-refractivity contribution in [1.29, 1.82) is 0 Å². The van der Waals surface area contributed by atoms with Crippen molar-refractivity contribution >= 4 is 16.1 Å². The van der Waals surface area contributed by atoms with E-state index in [0.29, 0.717) is 49.5 Å². The fraction of sp³-hybridized carbons (Fsp3) is 0.586. The van der Waals surface area contributed by atoms with Crippen molar-refractivity contribution in [2.24, 2.45) is 5.92 Å². The highest BCUT2D eigenvalue weighted by atomic mass is 32.2. The number of aromatic nitrogens is 1. The Morgan fingerprint density at radius 3 is 2.39 bits per heavy atom. The molecule has 1 amide bonds. The van der Waals surface area contributed by atoms with Gasteiger partial charge in [0, 0.05) is 32.2 Å². The third-order valence-electron chi connectivity index (χ3n) is 8.13. The molecule has 2 heterocycles. The SMILES string of the molecule is CCC(Oc1ccc(C(=O)NS(=O)(=O)N2CCN(C3CCCCC3)CC2)c(F)c1F)c1ccc(OCC2CC2)cn1. The molecule has 1 atom stereocenters. The zero-order valence-electron chi connectivity index (χ0n) is 23.4. The van der Waals surface area contributed by atoms with Gasteiger partial charge < -0.3 is 9.47 Å². The lowest BCUT2D eigenvalue weighted by Crippen LogP contribution is -2.55. The van der Waals surface area contributed by atoms with Gasteiger partial charge >= 0.3 is 10.2 Å². The van der Waals surface area contributed by atoms with Gasteiger partial charge in [-0.3, -0.25) is 14.7 Å². The van der Waals surface area contributed by atoms with Gasteiger partial charge in [0.25, 0.3) is 5.91 Å². The molecule has 3 aliphatic rings. The molecule has 2 saturated carbocycles. The van der Waals surface area contributed by atoms with Gasteiger partial charge in [0.1, 0.15) is 11.9 Å². The van der Waals surface area contributed by atoms with E-state index in [9.17, 15) is 17.6 Å². The molecule has 0 spiro atoms. The van der Waals surface area contributed by atoms with Crippen LogP contribution in [0.2, 0.25) is 0 Å². The second-order valence-corrected chi connectivity index (χ2v) is 12.8. The summed E-state index contributed by atoms with van der Waals surface area (Å²) in [6.07, 6.45) is 9.51. The molecular weight excluding hydrogens is 554 g/mol. The summed E-state index contributed by atoms with van der Waals surface area (Å²) in [5.74, 6) is -3.26. The molecule has 1 aromatic carbocycles. The minimum atomic E-state index is -4.22. The van der Waals surface area contributed by atoms with Crippen LogP contribution in [-0.4, -0.2) is 67.3 Å². The van der Waals surface area contributed by atoms with E-state index in [1.165, 1.54) is 36.4 Å². The zero-order valence-corrected chi connectivity index (χ0v) is 24.2. The third-order valence-corrected chi connectivity index (χ3v) is 9.62. The maximum Gasteiger partial charge on any atom is 0.304 e. The van der Waals surface area contributed by atoms with Crippen LogP contribution in [0.5, 0.6) is 11.5 Å². The first kappa shape index (κ1) is 29.7. The van der Waals surface area contributed by atoms with Crippen LogP contribution in [0.15, 0.2) is 30.5 Å². The number of piperazine rings is 1. The van der Waals surface area contributed by atoms with Crippen LogP contribution in [0.4, 0.5) is 8.78 Å². The smallest absolute Gasteiger partial charge is 0.304 e. The van der Waals surface area contributed by atoms with Crippen molar-refractivity contribution in [2.45, 2.75) is 70.4 Å². The molecule has 1 saturated heterocycles. The molecule has 1 unspecified atom stereocenters. The second-order valence-electron chi connectivity index (χ2n) is 11.1. The first-order chi connectivity index (χ1) is 19.7. The molecule has 1 N–H and O–H groups in total. The Hall–Kier alpha value is -2.83. The first-order valence-corrected chi connectivity index (χ1v) is 16.0. The molecule has 2 aromatic rings. The Morgan fingerprint density at radius 1 is 1.02 bits per heavy atom. The van der Waals surface area contributed by atoms with Crippen LogP contribution in [0, 0.1) is 17.6 Å². The van der Waals surface area contributed by atoms with Crippen molar-refractivity contribution in [3.63, 3.8) is 0 Å². The maximum atomic E-state index is 15.0. The molecular formula is C29H38F2N4O5S. The second kappa shape index (κ2) is 13.0. The van der Waals surface area contributed by atoms with Gasteiger partial charge in [0.05, 0.1) is 24.1 Å². The van der Waals surface area contributed by atoms with Crippen LogP contribution < -0.4 is 14.2 Å². The molecule has 1 aromatic heterocycles. The fourth-order valence-corrected chi connectivity index (χ4v) is 6.58. The number of carbonyl (C=O) groups is 1. The van der Waals surface area contributed by atoms with Crippen molar-refractivity contribution < 1.29 is 31.5 Å². The molecule has 224 valence electrons. The Bertz CT molecular complexity index is 1310. The highest BCUT2D eigenvalue weighted by Gasteiger charge is 2.33. The molecule has 9 nitrogen and oxygen atoms in total. The van der Waals surface area contributed by atoms with Gasteiger partial charge in [-0.2, -0.15) is 17.1 Å². The Balaban J connectivity index is 1.19. The lowest BCUT2D eigenvalue weighted by atomic mass is 9.94. The van der Waals surface area contributed by atoms with Crippen LogP contribution in [0.1, 0.15) is 80.4 Å². The number of rotatable bonds is 11. The number of hydrogen-bond donors (Lipinski definition) is 1. The van der Waals surface area contributed by atoms with Crippen LogP contribution >= 0.6 is 0 Å². The summed E-state index contributed by atoms with van der Waals surface area (Å²) in [5, 5.41) is 0. The average Bonchev–Trinajstić information content (AvgIpc) is 3.82. The van der Waals surface area contributed by atoms with Crippen molar-refractivity contribution in [3.8, 4) is 11.5 Å². The summed E-state index contributed by atoms with van der Waals surface area (Å²) < 4.78 is 70.2. The first-order valence-electron chi connectivity index (χ1n) is 14.5. The maximum absolute atomic E-state index is 15.0. The topological polar surface area (TPSA) is 101 Å². The van der Waals surface area contributed by atoms with Crippen molar-refractivity contribution in [1.82, 2.24) is 18.9 Å². The summed E-state index contributed by atoms with van der Waals surface area (Å²) >= 11 is 0. The summed E-state index contributed by atoms with van der Waals surface area (Å²) in [4.78, 5) is 19.4. The molecule has 3 fully saturated rings. The number of ether oxygens (including phenoxy) is 2. The van der Waals surface area contributed by atoms with Gasteiger partial charge in [-0.15, -0.1) is 0 Å². The lowest BCUT2D eigenvalue weighted by Gasteiger charge is -2.40.